The third kappa shape index (κ3) is 10.3. The molecular weight excluding hydrogens is 472 g/mol. The van der Waals surface area contributed by atoms with E-state index in [1.165, 1.54) is 19.3 Å². The number of urea groups is 1. The van der Waals surface area contributed by atoms with Gasteiger partial charge in [-0.05, 0) is 43.0 Å². The molecule has 0 spiro atoms. The molecule has 1 atom stereocenters. The summed E-state index contributed by atoms with van der Waals surface area (Å²) in [6.45, 7) is 5.56. The zero-order valence-electron chi connectivity index (χ0n) is 22.6. The van der Waals surface area contributed by atoms with Crippen LogP contribution in [0.1, 0.15) is 57.1 Å². The van der Waals surface area contributed by atoms with Gasteiger partial charge in [0.25, 0.3) is 0 Å². The molecule has 0 unspecified atom stereocenters. The number of anilines is 1. The number of carbonyl (C=O) groups is 2. The summed E-state index contributed by atoms with van der Waals surface area (Å²) in [5.74, 6) is 0.236. The van der Waals surface area contributed by atoms with Gasteiger partial charge in [0.2, 0.25) is 0 Å². The Morgan fingerprint density at radius 1 is 0.919 bits per heavy atom. The number of ether oxygens (including phenoxy) is 3. The lowest BCUT2D eigenvalue weighted by Crippen LogP contribution is -2.37. The van der Waals surface area contributed by atoms with Crippen LogP contribution in [0, 0.1) is 0 Å². The smallest absolute Gasteiger partial charge is 0.333 e. The highest BCUT2D eigenvalue weighted by molar-refractivity contribution is 5.91. The Balaban J connectivity index is 2.04. The van der Waals surface area contributed by atoms with Crippen molar-refractivity contribution in [2.24, 2.45) is 0 Å². The van der Waals surface area contributed by atoms with Crippen LogP contribution in [-0.2, 0) is 22.4 Å². The van der Waals surface area contributed by atoms with Crippen molar-refractivity contribution in [1.82, 2.24) is 4.90 Å². The standard InChI is InChI=1S/C29H42N2O6/c1-5-7-8-9-10-18-31(29(34)30-25-16-15-24(35-3)21-26(25)36-4)19-17-22-11-13-23(14-12-22)20-27(28(32)33)37-6-2/h11-16,21,27H,5-10,17-20H2,1-4H3,(H,30,34)(H,32,33)/t27-/m0/s1. The first-order chi connectivity index (χ1) is 17.9. The predicted octanol–water partition coefficient (Wildman–Crippen LogP) is 5.78. The van der Waals surface area contributed by atoms with Gasteiger partial charge in [0.15, 0.2) is 6.10 Å². The topological polar surface area (TPSA) is 97.3 Å². The zero-order chi connectivity index (χ0) is 27.0. The molecule has 2 amide bonds. The van der Waals surface area contributed by atoms with E-state index in [1.54, 1.807) is 39.3 Å². The Labute approximate surface area is 220 Å². The van der Waals surface area contributed by atoms with Crippen LogP contribution in [0.2, 0.25) is 0 Å². The molecule has 0 aliphatic heterocycles. The molecular formula is C29H42N2O6. The summed E-state index contributed by atoms with van der Waals surface area (Å²) >= 11 is 0. The minimum Gasteiger partial charge on any atom is -0.497 e. The van der Waals surface area contributed by atoms with Crippen LogP contribution in [-0.4, -0.2) is 62.0 Å². The number of carbonyl (C=O) groups excluding carboxylic acids is 1. The fourth-order valence-corrected chi connectivity index (χ4v) is 4.06. The van der Waals surface area contributed by atoms with Gasteiger partial charge in [0.05, 0.1) is 19.9 Å². The zero-order valence-corrected chi connectivity index (χ0v) is 22.6. The van der Waals surface area contributed by atoms with Crippen molar-refractivity contribution in [1.29, 1.82) is 0 Å². The maximum atomic E-state index is 13.2. The highest BCUT2D eigenvalue weighted by atomic mass is 16.5. The molecule has 0 aliphatic carbocycles. The third-order valence-electron chi connectivity index (χ3n) is 6.23. The molecule has 8 heteroatoms. The number of nitrogens with one attached hydrogen (secondary N) is 1. The van der Waals surface area contributed by atoms with Crippen LogP contribution >= 0.6 is 0 Å². The molecule has 0 saturated carbocycles. The van der Waals surface area contributed by atoms with E-state index in [4.69, 9.17) is 14.2 Å². The van der Waals surface area contributed by atoms with Gasteiger partial charge in [0.1, 0.15) is 11.5 Å². The summed E-state index contributed by atoms with van der Waals surface area (Å²) in [7, 11) is 3.15. The summed E-state index contributed by atoms with van der Waals surface area (Å²) in [5.41, 5.74) is 2.58. The van der Waals surface area contributed by atoms with Crippen molar-refractivity contribution in [3.8, 4) is 11.5 Å². The predicted molar refractivity (Wildman–Crippen MR) is 146 cm³/mol. The lowest BCUT2D eigenvalue weighted by atomic mass is 10.0. The Bertz CT molecular complexity index is 963. The van der Waals surface area contributed by atoms with Crippen molar-refractivity contribution < 1.29 is 28.9 Å². The van der Waals surface area contributed by atoms with Gasteiger partial charge in [-0.3, -0.25) is 0 Å². The number of nitrogens with zero attached hydrogens (tertiary/aromatic N) is 1. The molecule has 2 rings (SSSR count). The quantitative estimate of drug-likeness (QED) is 0.260. The maximum absolute atomic E-state index is 13.2. The van der Waals surface area contributed by atoms with Crippen LogP contribution in [0.5, 0.6) is 11.5 Å². The summed E-state index contributed by atoms with van der Waals surface area (Å²) in [6, 6.07) is 13.0. The Kier molecular flexibility index (Phi) is 13.3. The van der Waals surface area contributed by atoms with E-state index in [2.05, 4.69) is 12.2 Å². The SMILES string of the molecule is CCCCCCCN(CCc1ccc(C[C@H](OCC)C(=O)O)cc1)C(=O)Nc1ccc(OC)cc1OC. The molecule has 0 fully saturated rings. The minimum atomic E-state index is -0.958. The van der Waals surface area contributed by atoms with Gasteiger partial charge in [-0.2, -0.15) is 0 Å². The number of aliphatic carboxylic acids is 1. The largest absolute Gasteiger partial charge is 0.497 e. The number of carboxylic acids is 1. The minimum absolute atomic E-state index is 0.170. The van der Waals surface area contributed by atoms with Gasteiger partial charge in [-0.25, -0.2) is 9.59 Å². The van der Waals surface area contributed by atoms with Crippen molar-refractivity contribution in [2.75, 3.05) is 39.2 Å². The number of carboxylic acid groups (broad SMARTS) is 1. The molecule has 0 bridgehead atoms. The highest BCUT2D eigenvalue weighted by Gasteiger charge is 2.18. The summed E-state index contributed by atoms with van der Waals surface area (Å²) in [4.78, 5) is 26.4. The molecule has 0 aromatic heterocycles. The number of unbranched alkanes of at least 4 members (excludes halogenated alkanes) is 4. The van der Waals surface area contributed by atoms with Gasteiger partial charge in [-0.15, -0.1) is 0 Å². The molecule has 0 radical (unpaired) electrons. The fourth-order valence-electron chi connectivity index (χ4n) is 4.06. The van der Waals surface area contributed by atoms with E-state index in [1.807, 2.05) is 29.2 Å². The number of hydrogen-bond donors (Lipinski definition) is 2. The van der Waals surface area contributed by atoms with Crippen molar-refractivity contribution in [3.05, 3.63) is 53.6 Å². The first-order valence-corrected chi connectivity index (χ1v) is 13.1. The average molecular weight is 515 g/mol. The van der Waals surface area contributed by atoms with Crippen LogP contribution in [0.25, 0.3) is 0 Å². The highest BCUT2D eigenvalue weighted by Crippen LogP contribution is 2.29. The van der Waals surface area contributed by atoms with E-state index >= 15 is 0 Å². The maximum Gasteiger partial charge on any atom is 0.333 e. The Hall–Kier alpha value is -3.26. The van der Waals surface area contributed by atoms with Gasteiger partial charge in [0, 0.05) is 32.2 Å². The van der Waals surface area contributed by atoms with Crippen LogP contribution in [0.3, 0.4) is 0 Å². The average Bonchev–Trinajstić information content (AvgIpc) is 2.90. The Morgan fingerprint density at radius 3 is 2.24 bits per heavy atom. The van der Waals surface area contributed by atoms with Crippen molar-refractivity contribution in [2.45, 2.75) is 64.9 Å². The number of amides is 2. The molecule has 37 heavy (non-hydrogen) atoms. The molecule has 2 N–H and O–H groups in total. The van der Waals surface area contributed by atoms with Crippen molar-refractivity contribution in [3.63, 3.8) is 0 Å². The van der Waals surface area contributed by atoms with Crippen LogP contribution < -0.4 is 14.8 Å². The third-order valence-corrected chi connectivity index (χ3v) is 6.23. The van der Waals surface area contributed by atoms with E-state index < -0.39 is 12.1 Å². The molecule has 204 valence electrons. The molecule has 2 aromatic carbocycles. The molecule has 2 aromatic rings. The second-order valence-electron chi connectivity index (χ2n) is 8.95. The van der Waals surface area contributed by atoms with E-state index in [9.17, 15) is 14.7 Å². The number of rotatable bonds is 17. The molecule has 8 nitrogen and oxygen atoms in total. The fraction of sp³-hybridized carbons (Fsp3) is 0.517. The first kappa shape index (κ1) is 30.0. The molecule has 0 heterocycles. The number of hydrogen-bond acceptors (Lipinski definition) is 5. The molecule has 0 aliphatic rings. The van der Waals surface area contributed by atoms with Gasteiger partial charge >= 0.3 is 12.0 Å². The van der Waals surface area contributed by atoms with Gasteiger partial charge in [-0.1, -0.05) is 56.9 Å². The summed E-state index contributed by atoms with van der Waals surface area (Å²) in [5, 5.41) is 12.3. The first-order valence-electron chi connectivity index (χ1n) is 13.1. The van der Waals surface area contributed by atoms with Crippen LogP contribution in [0.15, 0.2) is 42.5 Å². The molecule has 0 saturated heterocycles. The monoisotopic (exact) mass is 514 g/mol. The van der Waals surface area contributed by atoms with Gasteiger partial charge < -0.3 is 29.5 Å². The summed E-state index contributed by atoms with van der Waals surface area (Å²) in [6.07, 6.45) is 5.73. The lowest BCUT2D eigenvalue weighted by molar-refractivity contribution is -0.149. The summed E-state index contributed by atoms with van der Waals surface area (Å²) < 4.78 is 16.0. The lowest BCUT2D eigenvalue weighted by Gasteiger charge is -2.24. The Morgan fingerprint density at radius 2 is 1.62 bits per heavy atom. The van der Waals surface area contributed by atoms with Crippen LogP contribution in [0.4, 0.5) is 10.5 Å². The second kappa shape index (κ2) is 16.5. The normalized spacial score (nSPS) is 11.6. The number of methoxy groups -OCH3 is 2. The van der Waals surface area contributed by atoms with Crippen molar-refractivity contribution >= 4 is 17.7 Å². The second-order valence-corrected chi connectivity index (χ2v) is 8.95. The van der Waals surface area contributed by atoms with E-state index in [0.29, 0.717) is 49.7 Å². The van der Waals surface area contributed by atoms with E-state index in [-0.39, 0.29) is 6.03 Å². The number of benzene rings is 2. The van der Waals surface area contributed by atoms with E-state index in [0.717, 1.165) is 24.0 Å².